The molecule has 0 spiro atoms. The number of unbranched alkanes of at least 4 members (excludes halogenated alkanes) is 30. The second-order valence-corrected chi connectivity index (χ2v) is 18.6. The molecule has 384 valence electrons. The number of ether oxygens (including phenoxy) is 3. The molecule has 0 aromatic carbocycles. The molecule has 0 aromatic rings. The number of carbonyl (C=O) groups is 3. The fourth-order valence-corrected chi connectivity index (χ4v) is 7.82. The summed E-state index contributed by atoms with van der Waals surface area (Å²) in [5, 5.41) is 0. The lowest BCUT2D eigenvalue weighted by Crippen LogP contribution is -2.30. The Balaban J connectivity index is 4.47. The van der Waals surface area contributed by atoms with E-state index in [1.165, 1.54) is 148 Å². The molecule has 0 rings (SSSR count). The van der Waals surface area contributed by atoms with E-state index in [1.807, 2.05) is 60.8 Å². The van der Waals surface area contributed by atoms with Crippen molar-refractivity contribution in [3.8, 4) is 0 Å². The van der Waals surface area contributed by atoms with Crippen LogP contribution < -0.4 is 0 Å². The van der Waals surface area contributed by atoms with Crippen molar-refractivity contribution >= 4 is 17.9 Å². The molecule has 6 heteroatoms. The van der Waals surface area contributed by atoms with Gasteiger partial charge in [0.1, 0.15) is 13.2 Å². The van der Waals surface area contributed by atoms with E-state index < -0.39 is 6.10 Å². The third-order valence-corrected chi connectivity index (χ3v) is 12.0. The van der Waals surface area contributed by atoms with Gasteiger partial charge in [0.05, 0.1) is 0 Å². The quantitative estimate of drug-likeness (QED) is 0.0199. The summed E-state index contributed by atoms with van der Waals surface area (Å²) in [6, 6.07) is 0. The van der Waals surface area contributed by atoms with Crippen molar-refractivity contribution in [2.75, 3.05) is 13.2 Å². The second kappa shape index (κ2) is 55.2. The van der Waals surface area contributed by atoms with Gasteiger partial charge >= 0.3 is 17.9 Å². The largest absolute Gasteiger partial charge is 0.462 e. The standard InChI is InChI=1S/C61H104O6/c1-4-7-10-13-16-19-22-25-28-30-32-33-36-39-42-45-48-51-54-60(63)66-57-58(56-65-59(62)53-50-47-44-41-38-35-27-24-21-18-15-12-9-6-3)67-61(64)55-52-49-46-43-40-37-34-31-29-26-23-20-17-14-11-8-5-2/h8,11,14,17,20,23,26,29,31-34,37,40,58H,4-7,9-10,12-13,15-16,18-19,21-22,24-25,27-28,30,35-36,38-39,41-57H2,1-3H3/b11-8-,17-14-,23-20-,29-26-,33-32-,34-31+,40-37-. The molecule has 0 saturated heterocycles. The highest BCUT2D eigenvalue weighted by Crippen LogP contribution is 2.15. The van der Waals surface area contributed by atoms with Crippen molar-refractivity contribution in [1.82, 2.24) is 0 Å². The van der Waals surface area contributed by atoms with Gasteiger partial charge in [-0.1, -0.05) is 266 Å². The van der Waals surface area contributed by atoms with Gasteiger partial charge in [0.2, 0.25) is 0 Å². The van der Waals surface area contributed by atoms with Crippen molar-refractivity contribution in [3.63, 3.8) is 0 Å². The maximum Gasteiger partial charge on any atom is 0.306 e. The Morgan fingerprint density at radius 3 is 0.970 bits per heavy atom. The first-order chi connectivity index (χ1) is 33.0. The fraction of sp³-hybridized carbons (Fsp3) is 0.721. The molecule has 0 heterocycles. The average Bonchev–Trinajstić information content (AvgIpc) is 3.33. The van der Waals surface area contributed by atoms with E-state index in [2.05, 4.69) is 45.1 Å². The SMILES string of the molecule is CC\C=C/C=C\C=C/C=C\C=C\C=C/CCCCCC(=O)OC(COC(=O)CCCCCCC/C=C\CCCCCCCCCCC)COC(=O)CCCCCCCCCCCCCCCC. The Morgan fingerprint density at radius 1 is 0.313 bits per heavy atom. The van der Waals surface area contributed by atoms with Crippen molar-refractivity contribution in [2.24, 2.45) is 0 Å². The van der Waals surface area contributed by atoms with Gasteiger partial charge in [0.15, 0.2) is 6.10 Å². The van der Waals surface area contributed by atoms with Gasteiger partial charge in [0, 0.05) is 19.3 Å². The van der Waals surface area contributed by atoms with Gasteiger partial charge in [-0.05, 0) is 64.2 Å². The Kier molecular flexibility index (Phi) is 52.4. The zero-order valence-electron chi connectivity index (χ0n) is 43.9. The van der Waals surface area contributed by atoms with E-state index >= 15 is 0 Å². The van der Waals surface area contributed by atoms with Crippen LogP contribution in [0.4, 0.5) is 0 Å². The highest BCUT2D eigenvalue weighted by molar-refractivity contribution is 5.71. The zero-order valence-corrected chi connectivity index (χ0v) is 43.9. The molecule has 0 N–H and O–H groups in total. The lowest BCUT2D eigenvalue weighted by atomic mass is 10.0. The summed E-state index contributed by atoms with van der Waals surface area (Å²) in [4.78, 5) is 38.1. The zero-order chi connectivity index (χ0) is 48.6. The summed E-state index contributed by atoms with van der Waals surface area (Å²) >= 11 is 0. The van der Waals surface area contributed by atoms with Gasteiger partial charge in [-0.25, -0.2) is 0 Å². The van der Waals surface area contributed by atoms with Crippen LogP contribution in [0.2, 0.25) is 0 Å². The van der Waals surface area contributed by atoms with Gasteiger partial charge in [-0.2, -0.15) is 0 Å². The van der Waals surface area contributed by atoms with Crippen LogP contribution in [0.25, 0.3) is 0 Å². The minimum absolute atomic E-state index is 0.0957. The topological polar surface area (TPSA) is 78.9 Å². The molecule has 0 aliphatic carbocycles. The van der Waals surface area contributed by atoms with Crippen molar-refractivity contribution in [2.45, 2.75) is 271 Å². The van der Waals surface area contributed by atoms with Crippen LogP contribution >= 0.6 is 0 Å². The van der Waals surface area contributed by atoms with Crippen molar-refractivity contribution < 1.29 is 28.6 Å². The van der Waals surface area contributed by atoms with Crippen LogP contribution in [0.15, 0.2) is 85.1 Å². The summed E-state index contributed by atoms with van der Waals surface area (Å²) in [6.07, 6.45) is 71.4. The lowest BCUT2D eigenvalue weighted by Gasteiger charge is -2.18. The molecule has 0 aromatic heterocycles. The molecule has 67 heavy (non-hydrogen) atoms. The molecular weight excluding hydrogens is 829 g/mol. The minimum atomic E-state index is -0.802. The van der Waals surface area contributed by atoms with E-state index in [-0.39, 0.29) is 37.5 Å². The summed E-state index contributed by atoms with van der Waals surface area (Å²) in [5.41, 5.74) is 0. The molecule has 1 unspecified atom stereocenters. The molecule has 1 atom stereocenters. The second-order valence-electron chi connectivity index (χ2n) is 18.6. The Morgan fingerprint density at radius 2 is 0.597 bits per heavy atom. The maximum atomic E-state index is 12.8. The van der Waals surface area contributed by atoms with Gasteiger partial charge in [-0.15, -0.1) is 0 Å². The number of rotatable bonds is 50. The van der Waals surface area contributed by atoms with Crippen LogP contribution in [-0.2, 0) is 28.6 Å². The first kappa shape index (κ1) is 63.6. The average molecular weight is 933 g/mol. The van der Waals surface area contributed by atoms with Crippen LogP contribution in [0.5, 0.6) is 0 Å². The van der Waals surface area contributed by atoms with Crippen LogP contribution in [-0.4, -0.2) is 37.2 Å². The maximum absolute atomic E-state index is 12.8. The first-order valence-electron chi connectivity index (χ1n) is 28.2. The van der Waals surface area contributed by atoms with Gasteiger partial charge in [-0.3, -0.25) is 14.4 Å². The minimum Gasteiger partial charge on any atom is -0.462 e. The van der Waals surface area contributed by atoms with Crippen LogP contribution in [0.1, 0.15) is 265 Å². The number of hydrogen-bond donors (Lipinski definition) is 0. The molecule has 6 nitrogen and oxygen atoms in total. The van der Waals surface area contributed by atoms with E-state index in [9.17, 15) is 14.4 Å². The third-order valence-electron chi connectivity index (χ3n) is 12.0. The molecule has 0 amide bonds. The molecule has 0 fully saturated rings. The van der Waals surface area contributed by atoms with E-state index in [0.29, 0.717) is 19.3 Å². The molecule has 0 aliphatic heterocycles. The summed E-state index contributed by atoms with van der Waals surface area (Å²) in [6.45, 7) is 6.47. The fourth-order valence-electron chi connectivity index (χ4n) is 7.82. The number of esters is 3. The van der Waals surface area contributed by atoms with Crippen molar-refractivity contribution in [3.05, 3.63) is 85.1 Å². The summed E-state index contributed by atoms with van der Waals surface area (Å²) in [5.74, 6) is -0.942. The third kappa shape index (κ3) is 53.4. The van der Waals surface area contributed by atoms with Crippen LogP contribution in [0.3, 0.4) is 0 Å². The number of hydrogen-bond acceptors (Lipinski definition) is 6. The van der Waals surface area contributed by atoms with Crippen LogP contribution in [0, 0.1) is 0 Å². The lowest BCUT2D eigenvalue weighted by molar-refractivity contribution is -0.167. The summed E-state index contributed by atoms with van der Waals surface area (Å²) in [7, 11) is 0. The highest BCUT2D eigenvalue weighted by Gasteiger charge is 2.19. The predicted molar refractivity (Wildman–Crippen MR) is 288 cm³/mol. The highest BCUT2D eigenvalue weighted by atomic mass is 16.6. The monoisotopic (exact) mass is 933 g/mol. The molecular formula is C61H104O6. The number of allylic oxidation sites excluding steroid dienone is 14. The number of carbonyl (C=O) groups excluding carboxylic acids is 3. The normalized spacial score (nSPS) is 12.7. The Hall–Kier alpha value is -3.41. The Labute approximate surface area is 414 Å². The van der Waals surface area contributed by atoms with E-state index in [0.717, 1.165) is 70.6 Å². The predicted octanol–water partition coefficient (Wildman–Crippen LogP) is 18.8. The molecule has 0 aliphatic rings. The van der Waals surface area contributed by atoms with E-state index in [1.54, 1.807) is 0 Å². The summed E-state index contributed by atoms with van der Waals surface area (Å²) < 4.78 is 16.8. The first-order valence-corrected chi connectivity index (χ1v) is 28.2. The van der Waals surface area contributed by atoms with Crippen molar-refractivity contribution in [1.29, 1.82) is 0 Å². The molecule has 0 saturated carbocycles. The molecule has 0 bridgehead atoms. The van der Waals surface area contributed by atoms with E-state index in [4.69, 9.17) is 14.2 Å². The molecule has 0 radical (unpaired) electrons. The smallest absolute Gasteiger partial charge is 0.306 e. The van der Waals surface area contributed by atoms with Gasteiger partial charge < -0.3 is 14.2 Å². The van der Waals surface area contributed by atoms with Gasteiger partial charge in [0.25, 0.3) is 0 Å². The Bertz CT molecular complexity index is 1300.